The molecule has 1 atom stereocenters. The van der Waals surface area contributed by atoms with Crippen molar-refractivity contribution in [1.29, 1.82) is 0 Å². The van der Waals surface area contributed by atoms with Crippen LogP contribution in [0.5, 0.6) is 0 Å². The van der Waals surface area contributed by atoms with Crippen molar-refractivity contribution in [3.8, 4) is 0 Å². The Morgan fingerprint density at radius 3 is 3.00 bits per heavy atom. The monoisotopic (exact) mass is 254 g/mol. The summed E-state index contributed by atoms with van der Waals surface area (Å²) in [6.45, 7) is 8.16. The van der Waals surface area contributed by atoms with Crippen molar-refractivity contribution in [2.75, 3.05) is 18.0 Å². The van der Waals surface area contributed by atoms with Gasteiger partial charge in [0.05, 0.1) is 23.3 Å². The minimum absolute atomic E-state index is 0.109. The molecule has 0 aliphatic carbocycles. The van der Waals surface area contributed by atoms with Gasteiger partial charge in [-0.15, -0.1) is 11.6 Å². The average molecular weight is 255 g/mol. The van der Waals surface area contributed by atoms with E-state index in [-0.39, 0.29) is 11.7 Å². The van der Waals surface area contributed by atoms with E-state index in [4.69, 9.17) is 16.3 Å². The lowest BCUT2D eigenvalue weighted by molar-refractivity contribution is -0.0749. The van der Waals surface area contributed by atoms with Crippen LogP contribution in [0.4, 0.5) is 5.69 Å². The molecule has 0 aromatic carbocycles. The summed E-state index contributed by atoms with van der Waals surface area (Å²) in [5, 5.41) is 0. The number of alkyl halides is 1. The minimum atomic E-state index is -0.109. The van der Waals surface area contributed by atoms with Gasteiger partial charge >= 0.3 is 0 Å². The molecule has 1 aliphatic rings. The van der Waals surface area contributed by atoms with Gasteiger partial charge in [-0.3, -0.25) is 4.98 Å². The van der Waals surface area contributed by atoms with E-state index < -0.39 is 0 Å². The minimum Gasteiger partial charge on any atom is -0.369 e. The maximum atomic E-state index is 5.90. The molecule has 1 aliphatic heterocycles. The standard InChI is InChI=1S/C13H19ClN2O/c1-10-8-16(9-13(2,3)17-10)12-4-5-15-11(6-12)7-14/h4-6,10H,7-9H2,1-3H3. The van der Waals surface area contributed by atoms with Crippen LogP contribution in [-0.4, -0.2) is 29.8 Å². The van der Waals surface area contributed by atoms with Gasteiger partial charge < -0.3 is 9.64 Å². The van der Waals surface area contributed by atoms with Crippen molar-refractivity contribution >= 4 is 17.3 Å². The molecule has 2 rings (SSSR count). The van der Waals surface area contributed by atoms with Crippen LogP contribution >= 0.6 is 11.6 Å². The number of rotatable bonds is 2. The second-order valence-electron chi connectivity index (χ2n) is 5.21. The molecular formula is C13H19ClN2O. The lowest BCUT2D eigenvalue weighted by Crippen LogP contribution is -2.52. The predicted octanol–water partition coefficient (Wildman–Crippen LogP) is 2.82. The zero-order chi connectivity index (χ0) is 12.5. The quantitative estimate of drug-likeness (QED) is 0.759. The fourth-order valence-electron chi connectivity index (χ4n) is 2.39. The Morgan fingerprint density at radius 1 is 1.59 bits per heavy atom. The molecule has 0 radical (unpaired) electrons. The highest BCUT2D eigenvalue weighted by Crippen LogP contribution is 2.26. The number of hydrogen-bond donors (Lipinski definition) is 0. The lowest BCUT2D eigenvalue weighted by Gasteiger charge is -2.43. The summed E-state index contributed by atoms with van der Waals surface area (Å²) in [6, 6.07) is 4.09. The van der Waals surface area contributed by atoms with Crippen molar-refractivity contribution in [1.82, 2.24) is 4.98 Å². The summed E-state index contributed by atoms with van der Waals surface area (Å²) >= 11 is 5.82. The van der Waals surface area contributed by atoms with Gasteiger partial charge in [0.2, 0.25) is 0 Å². The van der Waals surface area contributed by atoms with Crippen LogP contribution in [0.3, 0.4) is 0 Å². The number of ether oxygens (including phenoxy) is 1. The highest BCUT2D eigenvalue weighted by atomic mass is 35.5. The van der Waals surface area contributed by atoms with Crippen LogP contribution in [0.15, 0.2) is 18.3 Å². The number of nitrogens with zero attached hydrogens (tertiary/aromatic N) is 2. The zero-order valence-corrected chi connectivity index (χ0v) is 11.4. The Hall–Kier alpha value is -0.800. The van der Waals surface area contributed by atoms with E-state index in [1.165, 1.54) is 5.69 Å². The molecule has 0 N–H and O–H groups in total. The van der Waals surface area contributed by atoms with Crippen molar-refractivity contribution in [2.24, 2.45) is 0 Å². The second-order valence-corrected chi connectivity index (χ2v) is 5.47. The van der Waals surface area contributed by atoms with Crippen molar-refractivity contribution in [3.63, 3.8) is 0 Å². The van der Waals surface area contributed by atoms with Gasteiger partial charge in [-0.2, -0.15) is 0 Å². The molecule has 1 aromatic heterocycles. The SMILES string of the molecule is CC1CN(c2ccnc(CCl)c2)CC(C)(C)O1. The number of hydrogen-bond acceptors (Lipinski definition) is 3. The van der Waals surface area contributed by atoms with Gasteiger partial charge in [-0.05, 0) is 32.9 Å². The molecule has 1 saturated heterocycles. The third-order valence-corrected chi connectivity index (χ3v) is 3.15. The van der Waals surface area contributed by atoms with Gasteiger partial charge in [-0.25, -0.2) is 0 Å². The van der Waals surface area contributed by atoms with E-state index in [9.17, 15) is 0 Å². The van der Waals surface area contributed by atoms with Crippen molar-refractivity contribution < 1.29 is 4.74 Å². The Labute approximate surface area is 108 Å². The summed E-state index contributed by atoms with van der Waals surface area (Å²) in [5.41, 5.74) is 1.99. The average Bonchev–Trinajstić information content (AvgIpc) is 2.26. The van der Waals surface area contributed by atoms with Crippen LogP contribution in [-0.2, 0) is 10.6 Å². The van der Waals surface area contributed by atoms with Gasteiger partial charge in [0, 0.05) is 25.0 Å². The van der Waals surface area contributed by atoms with Crippen LogP contribution < -0.4 is 4.90 Å². The molecule has 1 aromatic rings. The Balaban J connectivity index is 2.20. The summed E-state index contributed by atoms with van der Waals surface area (Å²) in [4.78, 5) is 6.56. The number of halogens is 1. The van der Waals surface area contributed by atoms with Crippen LogP contribution in [0.1, 0.15) is 26.5 Å². The largest absolute Gasteiger partial charge is 0.369 e. The molecule has 3 nitrogen and oxygen atoms in total. The Bertz CT molecular complexity index is 395. The molecule has 1 unspecified atom stereocenters. The van der Waals surface area contributed by atoms with Gasteiger partial charge in [0.15, 0.2) is 0 Å². The predicted molar refractivity (Wildman–Crippen MR) is 70.6 cm³/mol. The first-order valence-corrected chi connectivity index (χ1v) is 6.47. The molecule has 0 saturated carbocycles. The maximum Gasteiger partial charge on any atom is 0.0805 e. The van der Waals surface area contributed by atoms with Crippen molar-refractivity contribution in [3.05, 3.63) is 24.0 Å². The molecule has 2 heterocycles. The normalized spacial score (nSPS) is 23.8. The highest BCUT2D eigenvalue weighted by molar-refractivity contribution is 6.16. The zero-order valence-electron chi connectivity index (χ0n) is 10.6. The van der Waals surface area contributed by atoms with Crippen LogP contribution in [0.25, 0.3) is 0 Å². The molecule has 94 valence electrons. The summed E-state index contributed by atoms with van der Waals surface area (Å²) in [6.07, 6.45) is 2.06. The molecule has 4 heteroatoms. The highest BCUT2D eigenvalue weighted by Gasteiger charge is 2.31. The summed E-state index contributed by atoms with van der Waals surface area (Å²) in [5.74, 6) is 0.455. The van der Waals surface area contributed by atoms with Gasteiger partial charge in [-0.1, -0.05) is 0 Å². The summed E-state index contributed by atoms with van der Waals surface area (Å²) < 4.78 is 5.90. The molecule has 0 spiro atoms. The fourth-order valence-corrected chi connectivity index (χ4v) is 2.53. The van der Waals surface area contributed by atoms with Crippen LogP contribution in [0, 0.1) is 0 Å². The molecular weight excluding hydrogens is 236 g/mol. The van der Waals surface area contributed by atoms with E-state index in [1.54, 1.807) is 0 Å². The first-order valence-electron chi connectivity index (χ1n) is 5.94. The van der Waals surface area contributed by atoms with Gasteiger partial charge in [0.25, 0.3) is 0 Å². The first kappa shape index (κ1) is 12.7. The maximum absolute atomic E-state index is 5.90. The second kappa shape index (κ2) is 4.83. The Morgan fingerprint density at radius 2 is 2.35 bits per heavy atom. The van der Waals surface area contributed by atoms with Crippen molar-refractivity contribution in [2.45, 2.75) is 38.4 Å². The first-order chi connectivity index (χ1) is 8.00. The third kappa shape index (κ3) is 3.11. The smallest absolute Gasteiger partial charge is 0.0805 e. The molecule has 0 amide bonds. The van der Waals surface area contributed by atoms with E-state index in [0.29, 0.717) is 5.88 Å². The lowest BCUT2D eigenvalue weighted by atomic mass is 10.0. The van der Waals surface area contributed by atoms with E-state index in [2.05, 4.69) is 36.7 Å². The topological polar surface area (TPSA) is 25.4 Å². The van der Waals surface area contributed by atoms with E-state index in [1.807, 2.05) is 12.3 Å². The molecule has 17 heavy (non-hydrogen) atoms. The number of aromatic nitrogens is 1. The number of pyridine rings is 1. The Kier molecular flexibility index (Phi) is 3.59. The number of morpholine rings is 1. The fraction of sp³-hybridized carbons (Fsp3) is 0.615. The molecule has 1 fully saturated rings. The van der Waals surface area contributed by atoms with Gasteiger partial charge in [0.1, 0.15) is 0 Å². The third-order valence-electron chi connectivity index (χ3n) is 2.87. The number of anilines is 1. The van der Waals surface area contributed by atoms with E-state index >= 15 is 0 Å². The summed E-state index contributed by atoms with van der Waals surface area (Å²) in [7, 11) is 0. The van der Waals surface area contributed by atoms with E-state index in [0.717, 1.165) is 18.8 Å². The molecule has 0 bridgehead atoms. The van der Waals surface area contributed by atoms with Crippen LogP contribution in [0.2, 0.25) is 0 Å².